The summed E-state index contributed by atoms with van der Waals surface area (Å²) in [4.78, 5) is 3.38. The minimum atomic E-state index is 0.483. The Bertz CT molecular complexity index is 328. The molecule has 0 radical (unpaired) electrons. The maximum atomic E-state index is 5.55. The van der Waals surface area contributed by atoms with Crippen molar-refractivity contribution < 1.29 is 4.74 Å². The first-order valence-electron chi connectivity index (χ1n) is 5.47. The number of thiophene rings is 1. The second kappa shape index (κ2) is 4.98. The van der Waals surface area contributed by atoms with Gasteiger partial charge in [-0.1, -0.05) is 15.9 Å². The molecule has 2 heterocycles. The monoisotopic (exact) mass is 288 g/mol. The van der Waals surface area contributed by atoms with Gasteiger partial charge in [0.05, 0.1) is 11.4 Å². The fraction of sp³-hybridized carbons (Fsp3) is 0.667. The molecule has 0 amide bonds. The Morgan fingerprint density at radius 1 is 1.53 bits per heavy atom. The van der Waals surface area contributed by atoms with Gasteiger partial charge in [0.1, 0.15) is 0 Å². The van der Waals surface area contributed by atoms with Gasteiger partial charge < -0.3 is 4.74 Å². The lowest BCUT2D eigenvalue weighted by Crippen LogP contribution is -2.20. The highest BCUT2D eigenvalue weighted by Crippen LogP contribution is 2.40. The van der Waals surface area contributed by atoms with Gasteiger partial charge in [0, 0.05) is 16.4 Å². The van der Waals surface area contributed by atoms with Crippen LogP contribution in [0.25, 0.3) is 0 Å². The van der Waals surface area contributed by atoms with E-state index in [4.69, 9.17) is 4.74 Å². The van der Waals surface area contributed by atoms with Crippen LogP contribution in [0.15, 0.2) is 6.07 Å². The van der Waals surface area contributed by atoms with Gasteiger partial charge in [-0.15, -0.1) is 11.3 Å². The van der Waals surface area contributed by atoms with E-state index in [2.05, 4.69) is 35.8 Å². The van der Waals surface area contributed by atoms with Crippen LogP contribution in [0, 0.1) is 19.8 Å². The Balaban J connectivity index is 2.12. The van der Waals surface area contributed by atoms with Crippen LogP contribution in [0.3, 0.4) is 0 Å². The zero-order chi connectivity index (χ0) is 10.8. The molecule has 1 aromatic rings. The zero-order valence-corrected chi connectivity index (χ0v) is 11.7. The van der Waals surface area contributed by atoms with Crippen molar-refractivity contribution in [1.29, 1.82) is 0 Å². The molecule has 1 aromatic heterocycles. The molecule has 1 fully saturated rings. The Hall–Kier alpha value is 0.140. The summed E-state index contributed by atoms with van der Waals surface area (Å²) >= 11 is 5.76. The number of hydrogen-bond acceptors (Lipinski definition) is 2. The first-order valence-corrected chi connectivity index (χ1v) is 7.20. The number of aryl methyl sites for hydroxylation is 2. The molecule has 1 saturated heterocycles. The highest BCUT2D eigenvalue weighted by atomic mass is 79.9. The molecule has 84 valence electrons. The molecule has 0 saturated carbocycles. The fourth-order valence-corrected chi connectivity index (χ4v) is 4.31. The van der Waals surface area contributed by atoms with Crippen LogP contribution in [-0.4, -0.2) is 13.2 Å². The van der Waals surface area contributed by atoms with Gasteiger partial charge in [0.25, 0.3) is 0 Å². The average Bonchev–Trinajstić information content (AvgIpc) is 2.58. The van der Waals surface area contributed by atoms with Crippen molar-refractivity contribution in [2.45, 2.75) is 31.5 Å². The molecule has 1 aliphatic rings. The van der Waals surface area contributed by atoms with Crippen LogP contribution in [0.1, 0.15) is 33.0 Å². The molecule has 0 spiro atoms. The lowest BCUT2D eigenvalue weighted by molar-refractivity contribution is 0.0548. The number of halogens is 1. The number of hydrogen-bond donors (Lipinski definition) is 0. The van der Waals surface area contributed by atoms with E-state index in [9.17, 15) is 0 Å². The molecule has 15 heavy (non-hydrogen) atoms. The first-order chi connectivity index (χ1) is 7.18. The van der Waals surface area contributed by atoms with Crippen LogP contribution in [0.2, 0.25) is 0 Å². The Morgan fingerprint density at radius 3 is 2.87 bits per heavy atom. The largest absolute Gasteiger partial charge is 0.381 e. The van der Waals surface area contributed by atoms with Gasteiger partial charge in [0.2, 0.25) is 0 Å². The lowest BCUT2D eigenvalue weighted by Gasteiger charge is -2.26. The van der Waals surface area contributed by atoms with Crippen molar-refractivity contribution in [1.82, 2.24) is 0 Å². The molecule has 3 heteroatoms. The molecule has 0 aliphatic carbocycles. The Kier molecular flexibility index (Phi) is 3.86. The van der Waals surface area contributed by atoms with Gasteiger partial charge in [-0.2, -0.15) is 0 Å². The molecular weight excluding hydrogens is 272 g/mol. The summed E-state index contributed by atoms with van der Waals surface area (Å²) in [5.41, 5.74) is 1.42. The van der Waals surface area contributed by atoms with E-state index in [1.807, 2.05) is 11.3 Å². The van der Waals surface area contributed by atoms with Crippen LogP contribution in [-0.2, 0) is 4.74 Å². The summed E-state index contributed by atoms with van der Waals surface area (Å²) in [6.07, 6.45) is 2.49. The lowest BCUT2D eigenvalue weighted by atomic mass is 9.96. The topological polar surface area (TPSA) is 9.23 Å². The van der Waals surface area contributed by atoms with Crippen molar-refractivity contribution in [3.63, 3.8) is 0 Å². The number of alkyl halides is 1. The molecule has 1 nitrogen and oxygen atoms in total. The Labute approximate surface area is 104 Å². The normalized spacial score (nSPS) is 24.1. The summed E-state index contributed by atoms with van der Waals surface area (Å²) in [6.45, 7) is 6.24. The van der Waals surface area contributed by atoms with E-state index < -0.39 is 0 Å². The predicted molar refractivity (Wildman–Crippen MR) is 69.0 cm³/mol. The van der Waals surface area contributed by atoms with Crippen LogP contribution < -0.4 is 0 Å². The summed E-state index contributed by atoms with van der Waals surface area (Å²) < 4.78 is 5.55. The van der Waals surface area contributed by atoms with E-state index in [1.54, 1.807) is 0 Å². The standard InChI is InChI=1S/C12H17BrOS/c1-8-6-9(2)15-12(8)11(13)10-4-3-5-14-7-10/h6,10-11H,3-5,7H2,1-2H3. The van der Waals surface area contributed by atoms with Crippen LogP contribution >= 0.6 is 27.3 Å². The number of rotatable bonds is 2. The second-order valence-electron chi connectivity index (χ2n) is 4.28. The van der Waals surface area contributed by atoms with Crippen molar-refractivity contribution in [2.24, 2.45) is 5.92 Å². The van der Waals surface area contributed by atoms with Crippen molar-refractivity contribution in [3.05, 3.63) is 21.4 Å². The first kappa shape index (κ1) is 11.6. The third kappa shape index (κ3) is 2.63. The van der Waals surface area contributed by atoms with Crippen molar-refractivity contribution in [2.75, 3.05) is 13.2 Å². The maximum absolute atomic E-state index is 5.55. The summed E-state index contributed by atoms with van der Waals surface area (Å²) in [5.74, 6) is 0.649. The molecule has 2 unspecified atom stereocenters. The smallest absolute Gasteiger partial charge is 0.0542 e. The van der Waals surface area contributed by atoms with Gasteiger partial charge in [-0.3, -0.25) is 0 Å². The summed E-state index contributed by atoms with van der Waals surface area (Å²) in [5, 5.41) is 0. The van der Waals surface area contributed by atoms with Crippen LogP contribution in [0.4, 0.5) is 0 Å². The van der Waals surface area contributed by atoms with E-state index in [0.29, 0.717) is 10.7 Å². The quantitative estimate of drug-likeness (QED) is 0.740. The third-order valence-electron chi connectivity index (χ3n) is 2.94. The minimum absolute atomic E-state index is 0.483. The highest BCUT2D eigenvalue weighted by Gasteiger charge is 2.25. The molecule has 2 rings (SSSR count). The van der Waals surface area contributed by atoms with E-state index in [1.165, 1.54) is 28.2 Å². The average molecular weight is 289 g/mol. The molecule has 1 aliphatic heterocycles. The molecule has 0 N–H and O–H groups in total. The zero-order valence-electron chi connectivity index (χ0n) is 9.25. The molecule has 0 bridgehead atoms. The second-order valence-corrected chi connectivity index (χ2v) is 6.56. The maximum Gasteiger partial charge on any atom is 0.0542 e. The summed E-state index contributed by atoms with van der Waals surface area (Å²) in [7, 11) is 0. The number of ether oxygens (including phenoxy) is 1. The summed E-state index contributed by atoms with van der Waals surface area (Å²) in [6, 6.07) is 2.28. The molecule has 0 aromatic carbocycles. The van der Waals surface area contributed by atoms with E-state index in [0.717, 1.165) is 13.2 Å². The van der Waals surface area contributed by atoms with Gasteiger partial charge in [-0.25, -0.2) is 0 Å². The fourth-order valence-electron chi connectivity index (χ4n) is 2.14. The van der Waals surface area contributed by atoms with Crippen molar-refractivity contribution >= 4 is 27.3 Å². The van der Waals surface area contributed by atoms with Crippen molar-refractivity contribution in [3.8, 4) is 0 Å². The minimum Gasteiger partial charge on any atom is -0.381 e. The van der Waals surface area contributed by atoms with E-state index in [-0.39, 0.29) is 0 Å². The third-order valence-corrected chi connectivity index (χ3v) is 5.68. The van der Waals surface area contributed by atoms with Gasteiger partial charge in [-0.05, 0) is 44.2 Å². The van der Waals surface area contributed by atoms with Gasteiger partial charge in [0.15, 0.2) is 0 Å². The van der Waals surface area contributed by atoms with E-state index >= 15 is 0 Å². The Morgan fingerprint density at radius 2 is 2.33 bits per heavy atom. The van der Waals surface area contributed by atoms with Crippen LogP contribution in [0.5, 0.6) is 0 Å². The SMILES string of the molecule is Cc1cc(C)c(C(Br)C2CCCOC2)s1. The predicted octanol–water partition coefficient (Wildman–Crippen LogP) is 4.23. The molecule has 2 atom stereocenters. The molecular formula is C12H17BrOS. The van der Waals surface area contributed by atoms with Gasteiger partial charge >= 0.3 is 0 Å². The highest BCUT2D eigenvalue weighted by molar-refractivity contribution is 9.09.